The van der Waals surface area contributed by atoms with Crippen LogP contribution in [0.5, 0.6) is 0 Å². The van der Waals surface area contributed by atoms with Gasteiger partial charge in [0.15, 0.2) is 5.78 Å². The summed E-state index contributed by atoms with van der Waals surface area (Å²) >= 11 is 3.31. The molecule has 1 fully saturated rings. The van der Waals surface area contributed by atoms with E-state index in [1.54, 1.807) is 22.7 Å². The highest BCUT2D eigenvalue weighted by Crippen LogP contribution is 2.46. The molecule has 0 spiro atoms. The van der Waals surface area contributed by atoms with Crippen LogP contribution in [-0.2, 0) is 14.3 Å². The van der Waals surface area contributed by atoms with Crippen LogP contribution in [0.25, 0.3) is 0 Å². The number of carbonyl (C=O) groups excluding carboxylic acids is 2. The van der Waals surface area contributed by atoms with E-state index in [1.165, 1.54) is 17.7 Å². The second kappa shape index (κ2) is 9.36. The lowest BCUT2D eigenvalue weighted by molar-refractivity contribution is -0.145. The van der Waals surface area contributed by atoms with Crippen LogP contribution in [-0.4, -0.2) is 17.9 Å². The van der Waals surface area contributed by atoms with Crippen LogP contribution >= 0.6 is 22.7 Å². The molecule has 0 bridgehead atoms. The van der Waals surface area contributed by atoms with E-state index in [0.717, 1.165) is 54.6 Å². The van der Waals surface area contributed by atoms with Crippen LogP contribution in [0.2, 0.25) is 0 Å². The summed E-state index contributed by atoms with van der Waals surface area (Å²) in [5.74, 6) is -0.268. The van der Waals surface area contributed by atoms with E-state index in [1.807, 2.05) is 24.4 Å². The number of thiophene rings is 2. The molecule has 3 heterocycles. The van der Waals surface area contributed by atoms with Crippen molar-refractivity contribution in [2.45, 2.75) is 76.2 Å². The molecular formula is C26H29NO3S2. The first-order valence-electron chi connectivity index (χ1n) is 11.6. The highest BCUT2D eigenvalue weighted by molar-refractivity contribution is 7.10. The Labute approximate surface area is 197 Å². The van der Waals surface area contributed by atoms with Gasteiger partial charge in [-0.25, -0.2) is 4.79 Å². The monoisotopic (exact) mass is 467 g/mol. The summed E-state index contributed by atoms with van der Waals surface area (Å²) in [5.41, 5.74) is 4.17. The number of rotatable bonds is 4. The predicted molar refractivity (Wildman–Crippen MR) is 129 cm³/mol. The van der Waals surface area contributed by atoms with Crippen molar-refractivity contribution in [2.24, 2.45) is 0 Å². The van der Waals surface area contributed by atoms with E-state index >= 15 is 0 Å². The minimum Gasteiger partial charge on any atom is -0.459 e. The van der Waals surface area contributed by atoms with Gasteiger partial charge in [0.25, 0.3) is 0 Å². The molecule has 2 aromatic heterocycles. The third-order valence-corrected chi connectivity index (χ3v) is 8.68. The molecule has 1 saturated carbocycles. The second-order valence-electron chi connectivity index (χ2n) is 9.11. The summed E-state index contributed by atoms with van der Waals surface area (Å²) in [5, 5.41) is 9.60. The van der Waals surface area contributed by atoms with Crippen LogP contribution in [0, 0.1) is 0 Å². The van der Waals surface area contributed by atoms with Crippen molar-refractivity contribution in [1.82, 2.24) is 5.32 Å². The molecule has 0 radical (unpaired) electrons. The van der Waals surface area contributed by atoms with Gasteiger partial charge in [0, 0.05) is 40.1 Å². The van der Waals surface area contributed by atoms with Crippen molar-refractivity contribution < 1.29 is 14.3 Å². The molecule has 168 valence electrons. The van der Waals surface area contributed by atoms with Crippen LogP contribution in [0.1, 0.15) is 80.6 Å². The van der Waals surface area contributed by atoms with E-state index in [9.17, 15) is 9.59 Å². The van der Waals surface area contributed by atoms with Gasteiger partial charge in [-0.1, -0.05) is 18.9 Å². The highest BCUT2D eigenvalue weighted by atomic mass is 32.1. The largest absolute Gasteiger partial charge is 0.459 e. The fraction of sp³-hybridized carbons (Fsp3) is 0.462. The van der Waals surface area contributed by atoms with Gasteiger partial charge >= 0.3 is 5.97 Å². The van der Waals surface area contributed by atoms with Gasteiger partial charge in [-0.3, -0.25) is 4.79 Å². The third-order valence-electron chi connectivity index (χ3n) is 6.95. The maximum Gasteiger partial charge on any atom is 0.337 e. The minimum atomic E-state index is -0.340. The van der Waals surface area contributed by atoms with E-state index < -0.39 is 0 Å². The number of ether oxygens (including phenoxy) is 1. The first-order chi connectivity index (χ1) is 15.6. The SMILES string of the molecule is CC1=C(C(=O)OC2CCCCCC2)[C@@H](c2ccsc2)C2=C(C[C@H](c3cccs3)CC2=O)N1. The van der Waals surface area contributed by atoms with Gasteiger partial charge in [-0.15, -0.1) is 11.3 Å². The summed E-state index contributed by atoms with van der Waals surface area (Å²) < 4.78 is 6.04. The maximum absolute atomic E-state index is 13.5. The molecule has 0 saturated heterocycles. The second-order valence-corrected chi connectivity index (χ2v) is 10.9. The molecule has 1 N–H and O–H groups in total. The molecule has 0 unspecified atom stereocenters. The van der Waals surface area contributed by atoms with Crippen LogP contribution < -0.4 is 5.32 Å². The summed E-state index contributed by atoms with van der Waals surface area (Å²) in [6.45, 7) is 1.95. The summed E-state index contributed by atoms with van der Waals surface area (Å²) in [6, 6.07) is 6.20. The Morgan fingerprint density at radius 3 is 2.59 bits per heavy atom. The lowest BCUT2D eigenvalue weighted by Crippen LogP contribution is -2.36. The molecule has 4 nitrogen and oxygen atoms in total. The summed E-state index contributed by atoms with van der Waals surface area (Å²) in [4.78, 5) is 28.2. The lowest BCUT2D eigenvalue weighted by atomic mass is 9.73. The Morgan fingerprint density at radius 2 is 1.91 bits per heavy atom. The van der Waals surface area contributed by atoms with Crippen molar-refractivity contribution in [2.75, 3.05) is 0 Å². The standard InChI is InChI=1S/C26H29NO3S2/c1-16-23(26(29)30-19-7-4-2-3-5-8-19)24(17-10-12-31-15-17)25-20(27-16)13-18(14-21(25)28)22-9-6-11-32-22/h6,9-12,15,18-19,24,27H,2-5,7-8,13-14H2,1H3/t18-,24+/m0/s1. The average molecular weight is 468 g/mol. The van der Waals surface area contributed by atoms with E-state index in [4.69, 9.17) is 4.74 Å². The number of dihydropyridines is 1. The highest BCUT2D eigenvalue weighted by Gasteiger charge is 2.42. The Morgan fingerprint density at radius 1 is 1.09 bits per heavy atom. The van der Waals surface area contributed by atoms with Gasteiger partial charge in [0.05, 0.1) is 5.57 Å². The molecule has 2 atom stereocenters. The van der Waals surface area contributed by atoms with Gasteiger partial charge in [-0.2, -0.15) is 11.3 Å². The number of allylic oxidation sites excluding steroid dienone is 3. The van der Waals surface area contributed by atoms with Gasteiger partial charge in [-0.05, 0) is 72.9 Å². The first kappa shape index (κ1) is 21.7. The Kier molecular flexibility index (Phi) is 6.33. The Bertz CT molecular complexity index is 1040. The van der Waals surface area contributed by atoms with Gasteiger partial charge in [0.2, 0.25) is 0 Å². The summed E-state index contributed by atoms with van der Waals surface area (Å²) in [6.07, 6.45) is 7.79. The van der Waals surface area contributed by atoms with Gasteiger partial charge in [0.1, 0.15) is 6.10 Å². The molecule has 1 aliphatic heterocycles. The zero-order valence-electron chi connectivity index (χ0n) is 18.4. The molecule has 6 heteroatoms. The van der Waals surface area contributed by atoms with Crippen molar-refractivity contribution in [3.8, 4) is 0 Å². The molecule has 32 heavy (non-hydrogen) atoms. The minimum absolute atomic E-state index is 0.0194. The third kappa shape index (κ3) is 4.23. The first-order valence-corrected chi connectivity index (χ1v) is 13.4. The fourth-order valence-electron chi connectivity index (χ4n) is 5.38. The van der Waals surface area contributed by atoms with Crippen LogP contribution in [0.3, 0.4) is 0 Å². The quantitative estimate of drug-likeness (QED) is 0.415. The number of nitrogens with one attached hydrogen (secondary N) is 1. The molecule has 0 amide bonds. The molecule has 2 aliphatic carbocycles. The smallest absolute Gasteiger partial charge is 0.337 e. The number of Topliss-reactive ketones (excluding diaryl/α,β-unsaturated/α-hetero) is 1. The van der Waals surface area contributed by atoms with Crippen LogP contribution in [0.15, 0.2) is 56.9 Å². The topological polar surface area (TPSA) is 55.4 Å². The summed E-state index contributed by atoms with van der Waals surface area (Å²) in [7, 11) is 0. The maximum atomic E-state index is 13.5. The van der Waals surface area contributed by atoms with Crippen molar-refractivity contribution in [3.63, 3.8) is 0 Å². The number of hydrogen-bond acceptors (Lipinski definition) is 6. The van der Waals surface area contributed by atoms with Crippen molar-refractivity contribution in [1.29, 1.82) is 0 Å². The fourth-order valence-corrected chi connectivity index (χ4v) is 6.90. The Hall–Kier alpha value is -2.18. The van der Waals surface area contributed by atoms with E-state index in [0.29, 0.717) is 12.0 Å². The van der Waals surface area contributed by atoms with E-state index in [-0.39, 0.29) is 29.7 Å². The Balaban J connectivity index is 1.48. The molecule has 3 aliphatic rings. The zero-order chi connectivity index (χ0) is 22.1. The molecular weight excluding hydrogens is 438 g/mol. The number of esters is 1. The number of ketones is 1. The number of hydrogen-bond donors (Lipinski definition) is 1. The average Bonchev–Trinajstić information content (AvgIpc) is 3.44. The lowest BCUT2D eigenvalue weighted by Gasteiger charge is -2.36. The number of carbonyl (C=O) groups is 2. The van der Waals surface area contributed by atoms with Crippen molar-refractivity contribution >= 4 is 34.4 Å². The predicted octanol–water partition coefficient (Wildman–Crippen LogP) is 6.44. The molecule has 2 aromatic rings. The molecule has 0 aromatic carbocycles. The van der Waals surface area contributed by atoms with Gasteiger partial charge < -0.3 is 10.1 Å². The van der Waals surface area contributed by atoms with E-state index in [2.05, 4.69) is 22.1 Å². The normalized spacial score (nSPS) is 24.7. The zero-order valence-corrected chi connectivity index (χ0v) is 20.0. The molecule has 5 rings (SSSR count). The van der Waals surface area contributed by atoms with Crippen molar-refractivity contribution in [3.05, 3.63) is 67.3 Å². The van der Waals surface area contributed by atoms with Crippen LogP contribution in [0.4, 0.5) is 0 Å².